The van der Waals surface area contributed by atoms with Crippen molar-refractivity contribution in [2.24, 2.45) is 0 Å². The van der Waals surface area contributed by atoms with Crippen molar-refractivity contribution >= 4 is 34.7 Å². The molecule has 0 bridgehead atoms. The van der Waals surface area contributed by atoms with Gasteiger partial charge in [0.1, 0.15) is 0 Å². The number of benzene rings is 2. The molecular formula is C22H15Cl2N5O2. The third-order valence-corrected chi connectivity index (χ3v) is 5.73. The molecule has 1 unspecified atom stereocenters. The summed E-state index contributed by atoms with van der Waals surface area (Å²) in [5, 5.41) is 9.05. The highest BCUT2D eigenvalue weighted by atomic mass is 35.5. The maximum Gasteiger partial charge on any atom is 0.286 e. The summed E-state index contributed by atoms with van der Waals surface area (Å²) < 4.78 is 5.59. The number of rotatable bonds is 5. The molecule has 31 heavy (non-hydrogen) atoms. The average molecular weight is 452 g/mol. The SMILES string of the molecule is O=C(c1nnc(-c2ncccn2)o1)C1CN(Cc2ccc(Cl)cc2Cl)c2ccccc21. The molecule has 0 fully saturated rings. The Bertz CT molecular complexity index is 1260. The number of aromatic nitrogens is 4. The number of carbonyl (C=O) groups is 1. The highest BCUT2D eigenvalue weighted by Crippen LogP contribution is 2.39. The van der Waals surface area contributed by atoms with E-state index in [4.69, 9.17) is 27.6 Å². The van der Waals surface area contributed by atoms with Gasteiger partial charge in [0.05, 0.1) is 5.92 Å². The fourth-order valence-corrected chi connectivity index (χ4v) is 4.16. The first-order valence-electron chi connectivity index (χ1n) is 9.53. The maximum absolute atomic E-state index is 13.3. The highest BCUT2D eigenvalue weighted by molar-refractivity contribution is 6.35. The van der Waals surface area contributed by atoms with Crippen molar-refractivity contribution in [1.29, 1.82) is 0 Å². The molecule has 4 aromatic rings. The van der Waals surface area contributed by atoms with E-state index >= 15 is 0 Å². The zero-order chi connectivity index (χ0) is 21.4. The van der Waals surface area contributed by atoms with Gasteiger partial charge in [-0.2, -0.15) is 0 Å². The van der Waals surface area contributed by atoms with Crippen molar-refractivity contribution in [3.8, 4) is 11.7 Å². The van der Waals surface area contributed by atoms with E-state index in [9.17, 15) is 4.79 Å². The van der Waals surface area contributed by atoms with E-state index in [0.717, 1.165) is 16.8 Å². The standard InChI is InChI=1S/C22H15Cl2N5O2/c23-14-7-6-13(17(24)10-14)11-29-12-16(15-4-1-2-5-18(15)29)19(30)21-27-28-22(31-21)20-25-8-3-9-26-20/h1-10,16H,11-12H2. The van der Waals surface area contributed by atoms with Crippen LogP contribution in [0.15, 0.2) is 65.3 Å². The second-order valence-electron chi connectivity index (χ2n) is 7.08. The molecule has 0 spiro atoms. The number of anilines is 1. The van der Waals surface area contributed by atoms with Crippen LogP contribution in [0.4, 0.5) is 5.69 Å². The van der Waals surface area contributed by atoms with Gasteiger partial charge in [-0.1, -0.05) is 47.5 Å². The second-order valence-corrected chi connectivity index (χ2v) is 7.92. The van der Waals surface area contributed by atoms with Gasteiger partial charge in [-0.25, -0.2) is 9.97 Å². The van der Waals surface area contributed by atoms with Crippen LogP contribution >= 0.6 is 23.2 Å². The van der Waals surface area contributed by atoms with Gasteiger partial charge in [-0.05, 0) is 35.4 Å². The van der Waals surface area contributed by atoms with E-state index in [2.05, 4.69) is 25.1 Å². The molecule has 2 aromatic carbocycles. The number of carbonyl (C=O) groups excluding carboxylic acids is 1. The van der Waals surface area contributed by atoms with E-state index in [-0.39, 0.29) is 23.4 Å². The van der Waals surface area contributed by atoms with Gasteiger partial charge in [0.15, 0.2) is 0 Å². The smallest absolute Gasteiger partial charge is 0.286 e. The summed E-state index contributed by atoms with van der Waals surface area (Å²) in [5.41, 5.74) is 2.81. The van der Waals surface area contributed by atoms with Crippen molar-refractivity contribution in [1.82, 2.24) is 20.2 Å². The number of nitrogens with zero attached hydrogens (tertiary/aromatic N) is 5. The lowest BCUT2D eigenvalue weighted by atomic mass is 9.97. The second kappa shape index (κ2) is 8.09. The van der Waals surface area contributed by atoms with Crippen molar-refractivity contribution in [3.63, 3.8) is 0 Å². The summed E-state index contributed by atoms with van der Waals surface area (Å²) in [5.74, 6) is -0.354. The minimum absolute atomic E-state index is 0.0615. The van der Waals surface area contributed by atoms with Crippen LogP contribution in [0.2, 0.25) is 10.0 Å². The zero-order valence-electron chi connectivity index (χ0n) is 16.1. The molecule has 3 heterocycles. The van der Waals surface area contributed by atoms with Crippen LogP contribution in [0, 0.1) is 0 Å². The number of Topliss-reactive ketones (excluding diaryl/α,β-unsaturated/α-hetero) is 1. The van der Waals surface area contributed by atoms with Gasteiger partial charge in [-0.3, -0.25) is 4.79 Å². The van der Waals surface area contributed by atoms with E-state index in [1.54, 1.807) is 30.6 Å². The Morgan fingerprint density at radius 2 is 1.87 bits per heavy atom. The van der Waals surface area contributed by atoms with Gasteiger partial charge in [0, 0.05) is 41.2 Å². The largest absolute Gasteiger partial charge is 0.411 e. The van der Waals surface area contributed by atoms with Crippen LogP contribution in [0.25, 0.3) is 11.7 Å². The molecule has 0 radical (unpaired) electrons. The Balaban J connectivity index is 1.42. The summed E-state index contributed by atoms with van der Waals surface area (Å²) in [6.45, 7) is 1.01. The van der Waals surface area contributed by atoms with Crippen LogP contribution in [-0.2, 0) is 6.54 Å². The zero-order valence-corrected chi connectivity index (χ0v) is 17.6. The fraction of sp³-hybridized carbons (Fsp3) is 0.136. The Labute approximate surface area is 187 Å². The Morgan fingerprint density at radius 3 is 2.68 bits per heavy atom. The molecular weight excluding hydrogens is 437 g/mol. The normalized spacial score (nSPS) is 15.2. The molecule has 0 saturated heterocycles. The van der Waals surface area contributed by atoms with Gasteiger partial charge in [0.25, 0.3) is 11.8 Å². The van der Waals surface area contributed by atoms with E-state index in [1.807, 2.05) is 30.3 Å². The number of fused-ring (bicyclic) bond motifs is 1. The molecule has 0 N–H and O–H groups in total. The molecule has 7 nitrogen and oxygen atoms in total. The summed E-state index contributed by atoms with van der Waals surface area (Å²) >= 11 is 12.4. The lowest BCUT2D eigenvalue weighted by Gasteiger charge is -2.20. The molecule has 1 atom stereocenters. The third-order valence-electron chi connectivity index (χ3n) is 5.14. The predicted molar refractivity (Wildman–Crippen MR) is 116 cm³/mol. The number of hydrogen-bond acceptors (Lipinski definition) is 7. The predicted octanol–water partition coefficient (Wildman–Crippen LogP) is 4.82. The van der Waals surface area contributed by atoms with E-state index < -0.39 is 5.92 Å². The Kier molecular flexibility index (Phi) is 5.13. The molecule has 1 aliphatic heterocycles. The van der Waals surface area contributed by atoms with Gasteiger partial charge >= 0.3 is 0 Å². The van der Waals surface area contributed by atoms with Crippen LogP contribution in [0.5, 0.6) is 0 Å². The van der Waals surface area contributed by atoms with Crippen molar-refractivity contribution < 1.29 is 9.21 Å². The van der Waals surface area contributed by atoms with Crippen LogP contribution in [0.1, 0.15) is 27.7 Å². The number of halogens is 2. The molecule has 154 valence electrons. The van der Waals surface area contributed by atoms with Crippen molar-refractivity contribution in [3.05, 3.63) is 88.0 Å². The van der Waals surface area contributed by atoms with Crippen molar-refractivity contribution in [2.45, 2.75) is 12.5 Å². The minimum Gasteiger partial charge on any atom is -0.411 e. The maximum atomic E-state index is 13.3. The first kappa shape index (κ1) is 19.7. The summed E-state index contributed by atoms with van der Waals surface area (Å²) in [4.78, 5) is 23.5. The monoisotopic (exact) mass is 451 g/mol. The summed E-state index contributed by atoms with van der Waals surface area (Å²) in [6, 6.07) is 14.9. The summed E-state index contributed by atoms with van der Waals surface area (Å²) in [7, 11) is 0. The quantitative estimate of drug-likeness (QED) is 0.402. The lowest BCUT2D eigenvalue weighted by molar-refractivity contribution is 0.0931. The molecule has 0 amide bonds. The number of ketones is 1. The molecule has 0 saturated carbocycles. The average Bonchev–Trinajstić information content (AvgIpc) is 3.42. The van der Waals surface area contributed by atoms with Crippen molar-refractivity contribution in [2.75, 3.05) is 11.4 Å². The molecule has 1 aliphatic rings. The van der Waals surface area contributed by atoms with Crippen LogP contribution in [-0.4, -0.2) is 32.5 Å². The Hall–Kier alpha value is -3.29. The minimum atomic E-state index is -0.438. The highest BCUT2D eigenvalue weighted by Gasteiger charge is 2.36. The van der Waals surface area contributed by atoms with Crippen LogP contribution < -0.4 is 4.90 Å². The first-order chi connectivity index (χ1) is 15.1. The lowest BCUT2D eigenvalue weighted by Crippen LogP contribution is -2.24. The fourth-order valence-electron chi connectivity index (χ4n) is 3.69. The molecule has 5 rings (SSSR count). The van der Waals surface area contributed by atoms with Crippen LogP contribution in [0.3, 0.4) is 0 Å². The molecule has 9 heteroatoms. The van der Waals surface area contributed by atoms with Gasteiger partial charge in [0.2, 0.25) is 11.6 Å². The van der Waals surface area contributed by atoms with E-state index in [1.165, 1.54) is 0 Å². The summed E-state index contributed by atoms with van der Waals surface area (Å²) in [6.07, 6.45) is 3.14. The number of hydrogen-bond donors (Lipinski definition) is 0. The third kappa shape index (κ3) is 3.78. The first-order valence-corrected chi connectivity index (χ1v) is 10.3. The molecule has 2 aromatic heterocycles. The van der Waals surface area contributed by atoms with E-state index in [0.29, 0.717) is 23.1 Å². The number of para-hydroxylation sites is 1. The van der Waals surface area contributed by atoms with Gasteiger partial charge in [-0.15, -0.1) is 10.2 Å². The van der Waals surface area contributed by atoms with Gasteiger partial charge < -0.3 is 9.32 Å². The topological polar surface area (TPSA) is 85.0 Å². The molecule has 0 aliphatic carbocycles. The Morgan fingerprint density at radius 1 is 1.06 bits per heavy atom.